The summed E-state index contributed by atoms with van der Waals surface area (Å²) in [7, 11) is 0. The van der Waals surface area contributed by atoms with E-state index in [0.29, 0.717) is 6.54 Å². The molecular formula is C15H19NS. The highest BCUT2D eigenvalue weighted by atomic mass is 32.1. The van der Waals surface area contributed by atoms with Crippen molar-refractivity contribution in [1.29, 1.82) is 0 Å². The zero-order chi connectivity index (χ0) is 12.3. The molecule has 2 rings (SSSR count). The number of benzene rings is 1. The molecule has 0 unspecified atom stereocenters. The van der Waals surface area contributed by atoms with Gasteiger partial charge in [-0.05, 0) is 36.1 Å². The van der Waals surface area contributed by atoms with E-state index in [1.807, 2.05) is 0 Å². The molecule has 0 aliphatic carbocycles. The number of thiophene rings is 1. The first-order valence-electron chi connectivity index (χ1n) is 6.13. The maximum absolute atomic E-state index is 5.68. The predicted molar refractivity (Wildman–Crippen MR) is 76.4 cm³/mol. The van der Waals surface area contributed by atoms with Gasteiger partial charge >= 0.3 is 0 Å². The molecule has 90 valence electrons. The molecule has 2 heteroatoms. The summed E-state index contributed by atoms with van der Waals surface area (Å²) in [6.45, 7) is 5.01. The van der Waals surface area contributed by atoms with Crippen LogP contribution < -0.4 is 5.73 Å². The summed E-state index contributed by atoms with van der Waals surface area (Å²) in [6.07, 6.45) is 2.37. The summed E-state index contributed by atoms with van der Waals surface area (Å²) < 4.78 is 0. The Morgan fingerprint density at radius 2 is 1.88 bits per heavy atom. The molecule has 0 aliphatic heterocycles. The Bertz CT molecular complexity index is 482. The fourth-order valence-electron chi connectivity index (χ4n) is 2.05. The lowest BCUT2D eigenvalue weighted by atomic mass is 10.1. The van der Waals surface area contributed by atoms with E-state index in [0.717, 1.165) is 6.42 Å². The number of nitrogens with two attached hydrogens (primary N) is 1. The number of hydrogen-bond donors (Lipinski definition) is 1. The molecule has 0 atom stereocenters. The maximum Gasteiger partial charge on any atom is 0.0375 e. The van der Waals surface area contributed by atoms with Crippen molar-refractivity contribution < 1.29 is 0 Å². The lowest BCUT2D eigenvalue weighted by molar-refractivity contribution is 0.922. The molecule has 1 aromatic heterocycles. The van der Waals surface area contributed by atoms with E-state index in [4.69, 9.17) is 5.73 Å². The first-order chi connectivity index (χ1) is 8.24. The topological polar surface area (TPSA) is 26.0 Å². The summed E-state index contributed by atoms with van der Waals surface area (Å²) >= 11 is 1.81. The van der Waals surface area contributed by atoms with E-state index in [1.165, 1.54) is 32.9 Å². The minimum absolute atomic E-state index is 0.638. The number of hydrogen-bond acceptors (Lipinski definition) is 2. The van der Waals surface area contributed by atoms with E-state index >= 15 is 0 Å². The Morgan fingerprint density at radius 1 is 1.18 bits per heavy atom. The van der Waals surface area contributed by atoms with Crippen molar-refractivity contribution >= 4 is 11.3 Å². The zero-order valence-corrected chi connectivity index (χ0v) is 11.3. The molecule has 0 fully saturated rings. The van der Waals surface area contributed by atoms with Crippen molar-refractivity contribution in [3.63, 3.8) is 0 Å². The number of aryl methyl sites for hydroxylation is 2. The van der Waals surface area contributed by atoms with Crippen LogP contribution in [-0.2, 0) is 13.0 Å². The van der Waals surface area contributed by atoms with Gasteiger partial charge < -0.3 is 5.73 Å². The molecular weight excluding hydrogens is 226 g/mol. The van der Waals surface area contributed by atoms with E-state index in [-0.39, 0.29) is 0 Å². The monoisotopic (exact) mass is 245 g/mol. The van der Waals surface area contributed by atoms with Crippen molar-refractivity contribution in [2.24, 2.45) is 5.73 Å². The Hall–Kier alpha value is -1.12. The van der Waals surface area contributed by atoms with Gasteiger partial charge in [-0.2, -0.15) is 0 Å². The average Bonchev–Trinajstić information content (AvgIpc) is 2.72. The summed E-state index contributed by atoms with van der Waals surface area (Å²) in [6, 6.07) is 11.1. The van der Waals surface area contributed by atoms with Gasteiger partial charge in [0.05, 0.1) is 0 Å². The molecule has 1 heterocycles. The van der Waals surface area contributed by atoms with Crippen molar-refractivity contribution in [3.8, 4) is 10.4 Å². The van der Waals surface area contributed by atoms with E-state index in [2.05, 4.69) is 44.2 Å². The highest BCUT2D eigenvalue weighted by Crippen LogP contribution is 2.32. The van der Waals surface area contributed by atoms with Crippen LogP contribution in [0.25, 0.3) is 10.4 Å². The molecule has 0 saturated heterocycles. The predicted octanol–water partition coefficient (Wildman–Crippen LogP) is 4.13. The minimum Gasteiger partial charge on any atom is -0.326 e. The summed E-state index contributed by atoms with van der Waals surface area (Å²) in [5.41, 5.74) is 9.75. The zero-order valence-electron chi connectivity index (χ0n) is 10.5. The molecule has 2 N–H and O–H groups in total. The first kappa shape index (κ1) is 12.3. The smallest absolute Gasteiger partial charge is 0.0375 e. The van der Waals surface area contributed by atoms with Crippen LogP contribution in [0.1, 0.15) is 29.3 Å². The molecule has 0 radical (unpaired) electrons. The van der Waals surface area contributed by atoms with Crippen LogP contribution in [0.5, 0.6) is 0 Å². The van der Waals surface area contributed by atoms with E-state index in [1.54, 1.807) is 11.3 Å². The fourth-order valence-corrected chi connectivity index (χ4v) is 3.10. The van der Waals surface area contributed by atoms with Gasteiger partial charge in [0.1, 0.15) is 0 Å². The van der Waals surface area contributed by atoms with Crippen LogP contribution in [-0.4, -0.2) is 0 Å². The van der Waals surface area contributed by atoms with Gasteiger partial charge in [-0.15, -0.1) is 11.3 Å². The summed E-state index contributed by atoms with van der Waals surface area (Å²) in [5.74, 6) is 0. The lowest BCUT2D eigenvalue weighted by Gasteiger charge is -2.02. The second kappa shape index (κ2) is 5.48. The standard InChI is InChI=1S/C15H19NS/c1-3-4-12-5-7-13(8-6-12)15-11(2)9-14(10-16)17-15/h5-9H,3-4,10,16H2,1-2H3. The quantitative estimate of drug-likeness (QED) is 0.861. The van der Waals surface area contributed by atoms with Gasteiger partial charge in [-0.25, -0.2) is 0 Å². The lowest BCUT2D eigenvalue weighted by Crippen LogP contribution is -1.91. The molecule has 1 aromatic carbocycles. The minimum atomic E-state index is 0.638. The first-order valence-corrected chi connectivity index (χ1v) is 6.95. The normalized spacial score (nSPS) is 10.8. The fraction of sp³-hybridized carbons (Fsp3) is 0.333. The van der Waals surface area contributed by atoms with Gasteiger partial charge in [0.2, 0.25) is 0 Å². The van der Waals surface area contributed by atoms with Gasteiger partial charge in [0, 0.05) is 16.3 Å². The molecule has 2 aromatic rings. The summed E-state index contributed by atoms with van der Waals surface area (Å²) in [4.78, 5) is 2.61. The van der Waals surface area contributed by atoms with Crippen LogP contribution in [0, 0.1) is 6.92 Å². The van der Waals surface area contributed by atoms with Crippen LogP contribution >= 0.6 is 11.3 Å². The SMILES string of the molecule is CCCc1ccc(-c2sc(CN)cc2C)cc1. The third-order valence-electron chi connectivity index (χ3n) is 2.92. The molecule has 0 amide bonds. The molecule has 0 aliphatic rings. The molecule has 0 saturated carbocycles. The van der Waals surface area contributed by atoms with Gasteiger partial charge in [0.15, 0.2) is 0 Å². The Kier molecular flexibility index (Phi) is 3.97. The largest absolute Gasteiger partial charge is 0.326 e. The van der Waals surface area contributed by atoms with Crippen molar-refractivity contribution in [1.82, 2.24) is 0 Å². The maximum atomic E-state index is 5.68. The highest BCUT2D eigenvalue weighted by molar-refractivity contribution is 7.15. The van der Waals surface area contributed by atoms with E-state index in [9.17, 15) is 0 Å². The highest BCUT2D eigenvalue weighted by Gasteiger charge is 2.06. The second-order valence-corrected chi connectivity index (χ2v) is 5.51. The molecule has 0 spiro atoms. The van der Waals surface area contributed by atoms with Crippen molar-refractivity contribution in [2.75, 3.05) is 0 Å². The number of rotatable bonds is 4. The molecule has 1 nitrogen and oxygen atoms in total. The van der Waals surface area contributed by atoms with Crippen LogP contribution in [0.3, 0.4) is 0 Å². The molecule has 0 bridgehead atoms. The second-order valence-electron chi connectivity index (χ2n) is 4.38. The Balaban J connectivity index is 2.29. The van der Waals surface area contributed by atoms with Gasteiger partial charge in [-0.3, -0.25) is 0 Å². The van der Waals surface area contributed by atoms with Gasteiger partial charge in [0.25, 0.3) is 0 Å². The third kappa shape index (κ3) is 2.76. The van der Waals surface area contributed by atoms with Crippen LogP contribution in [0.2, 0.25) is 0 Å². The van der Waals surface area contributed by atoms with E-state index < -0.39 is 0 Å². The average molecular weight is 245 g/mol. The Morgan fingerprint density at radius 3 is 2.41 bits per heavy atom. The summed E-state index contributed by atoms with van der Waals surface area (Å²) in [5, 5.41) is 0. The van der Waals surface area contributed by atoms with Crippen LogP contribution in [0.4, 0.5) is 0 Å². The van der Waals surface area contributed by atoms with Gasteiger partial charge in [-0.1, -0.05) is 37.6 Å². The Labute approximate surface area is 107 Å². The van der Waals surface area contributed by atoms with Crippen LogP contribution in [0.15, 0.2) is 30.3 Å². The van der Waals surface area contributed by atoms with Crippen molar-refractivity contribution in [2.45, 2.75) is 33.2 Å². The third-order valence-corrected chi connectivity index (χ3v) is 4.23. The van der Waals surface area contributed by atoms with Crippen molar-refractivity contribution in [3.05, 3.63) is 46.3 Å². The molecule has 17 heavy (non-hydrogen) atoms.